The zero-order valence-electron chi connectivity index (χ0n) is 37.5. The largest absolute Gasteiger partial charge is 0.748 e. The highest BCUT2D eigenvalue weighted by molar-refractivity contribution is 7.85. The molecule has 4 aliphatic rings. The van der Waals surface area contributed by atoms with Crippen LogP contribution in [0.1, 0.15) is 104 Å². The van der Waals surface area contributed by atoms with Crippen molar-refractivity contribution in [1.82, 2.24) is 25.3 Å². The van der Waals surface area contributed by atoms with Crippen LogP contribution in [0.15, 0.2) is 0 Å². The third kappa shape index (κ3) is 14.8. The molecule has 0 aliphatic heterocycles. The van der Waals surface area contributed by atoms with Gasteiger partial charge in [-0.25, -0.2) is 8.42 Å². The van der Waals surface area contributed by atoms with Gasteiger partial charge in [-0.15, -0.1) is 0 Å². The van der Waals surface area contributed by atoms with E-state index in [1.807, 2.05) is 0 Å². The number of rotatable bonds is 27. The van der Waals surface area contributed by atoms with Crippen LogP contribution in [0.4, 0.5) is 0 Å². The highest BCUT2D eigenvalue weighted by Crippen LogP contribution is 2.68. The average Bonchev–Trinajstić information content (AvgIpc) is 3.53. The molecule has 0 aromatic carbocycles. The molecule has 4 unspecified atom stereocenters. The molecule has 10 atom stereocenters. The number of hydrogen-bond donors (Lipinski definition) is 7. The molecule has 0 aromatic heterocycles. The minimum Gasteiger partial charge on any atom is -0.748 e. The number of carboxylic acid groups (broad SMARTS) is 5. The summed E-state index contributed by atoms with van der Waals surface area (Å²) in [5.41, 5.74) is 0.280. The number of aliphatic carboxylic acids is 5. The lowest BCUT2D eigenvalue weighted by atomic mass is 9.44. The van der Waals surface area contributed by atoms with Crippen molar-refractivity contribution in [3.8, 4) is 0 Å². The van der Waals surface area contributed by atoms with E-state index in [-0.39, 0.29) is 80.7 Å². The SMILES string of the molecule is CC(CCC(=O)NCCS(=O)(=O)[O-])[C@H]1CCC2C3CC[C@@H]4C[C@@H](NC(=O)CC[C@@H](C(=O)O)N(CCN(CC(=O)O)CC(=O)O)CCN(CC(=O)O)CC(=O)O)CC[C@]4(C)C3CC[C@@]21C. The number of carbonyl (C=O) groups is 7. The number of nitrogens with zero attached hydrogens (tertiary/aromatic N) is 3. The van der Waals surface area contributed by atoms with Crippen molar-refractivity contribution < 1.29 is 72.1 Å². The van der Waals surface area contributed by atoms with Gasteiger partial charge in [-0.2, -0.15) is 0 Å². The molecule has 4 fully saturated rings. The van der Waals surface area contributed by atoms with Crippen LogP contribution in [0.5, 0.6) is 0 Å². The first-order valence-electron chi connectivity index (χ1n) is 22.7. The zero-order valence-corrected chi connectivity index (χ0v) is 38.3. The molecule has 0 heterocycles. The number of hydrogen-bond acceptors (Lipinski definition) is 13. The summed E-state index contributed by atoms with van der Waals surface area (Å²) in [6.07, 6.45) is 9.88. The van der Waals surface area contributed by atoms with Gasteiger partial charge in [-0.05, 0) is 117 Å². The minimum absolute atomic E-state index is 0.0878. The van der Waals surface area contributed by atoms with Gasteiger partial charge >= 0.3 is 29.8 Å². The maximum Gasteiger partial charge on any atom is 0.320 e. The number of fused-ring (bicyclic) bond motifs is 5. The molecule has 21 heteroatoms. The molecule has 0 saturated heterocycles. The van der Waals surface area contributed by atoms with Gasteiger partial charge in [0.25, 0.3) is 0 Å². The van der Waals surface area contributed by atoms with E-state index < -0.39 is 77.9 Å². The molecular weight excluding hydrogens is 859 g/mol. The summed E-state index contributed by atoms with van der Waals surface area (Å²) in [4.78, 5) is 87.9. The predicted molar refractivity (Wildman–Crippen MR) is 229 cm³/mol. The topological polar surface area (TPSA) is 312 Å². The van der Waals surface area contributed by atoms with Gasteiger partial charge in [0.05, 0.1) is 42.1 Å². The van der Waals surface area contributed by atoms with Gasteiger partial charge in [0.2, 0.25) is 11.8 Å². The lowest BCUT2D eigenvalue weighted by Gasteiger charge is -2.61. The van der Waals surface area contributed by atoms with Gasteiger partial charge < -0.3 is 40.7 Å². The number of carboxylic acids is 5. The molecule has 64 heavy (non-hydrogen) atoms. The van der Waals surface area contributed by atoms with Crippen molar-refractivity contribution in [2.24, 2.45) is 46.3 Å². The smallest absolute Gasteiger partial charge is 0.320 e. The quantitative estimate of drug-likeness (QED) is 0.0577. The van der Waals surface area contributed by atoms with E-state index in [0.29, 0.717) is 41.9 Å². The third-order valence-corrected chi connectivity index (χ3v) is 16.2. The lowest BCUT2D eigenvalue weighted by molar-refractivity contribution is -0.146. The van der Waals surface area contributed by atoms with Crippen LogP contribution in [0, 0.1) is 46.3 Å². The first-order valence-corrected chi connectivity index (χ1v) is 24.3. The molecule has 4 aliphatic carbocycles. The molecule has 7 N–H and O–H groups in total. The number of carbonyl (C=O) groups excluding carboxylic acids is 2. The Kier molecular flexibility index (Phi) is 18.9. The van der Waals surface area contributed by atoms with Gasteiger partial charge in [-0.1, -0.05) is 20.8 Å². The molecule has 4 rings (SSSR count). The Hall–Kier alpha value is -3.92. The normalized spacial score (nSPS) is 28.7. The van der Waals surface area contributed by atoms with Crippen LogP contribution in [-0.4, -0.2) is 172 Å². The van der Waals surface area contributed by atoms with E-state index in [0.717, 1.165) is 67.6 Å². The Morgan fingerprint density at radius 3 is 1.75 bits per heavy atom. The van der Waals surface area contributed by atoms with Crippen molar-refractivity contribution in [2.45, 2.75) is 116 Å². The van der Waals surface area contributed by atoms with E-state index in [9.17, 15) is 72.1 Å². The van der Waals surface area contributed by atoms with Crippen LogP contribution in [-0.2, 0) is 43.7 Å². The summed E-state index contributed by atoms with van der Waals surface area (Å²) in [7, 11) is -4.39. The second-order valence-corrected chi connectivity index (χ2v) is 21.0. The Labute approximate surface area is 375 Å². The second kappa shape index (κ2) is 23.0. The van der Waals surface area contributed by atoms with Crippen molar-refractivity contribution in [3.05, 3.63) is 0 Å². The molecule has 0 aromatic rings. The fourth-order valence-electron chi connectivity index (χ4n) is 12.5. The summed E-state index contributed by atoms with van der Waals surface area (Å²) < 4.78 is 32.7. The maximum absolute atomic E-state index is 13.5. The van der Waals surface area contributed by atoms with E-state index in [4.69, 9.17) is 0 Å². The van der Waals surface area contributed by atoms with Crippen LogP contribution >= 0.6 is 0 Å². The molecule has 364 valence electrons. The maximum atomic E-state index is 13.5. The van der Waals surface area contributed by atoms with Gasteiger partial charge in [0, 0.05) is 51.6 Å². The third-order valence-electron chi connectivity index (χ3n) is 15.5. The van der Waals surface area contributed by atoms with Gasteiger partial charge in [0.1, 0.15) is 6.04 Å². The van der Waals surface area contributed by atoms with E-state index in [1.54, 1.807) is 0 Å². The lowest BCUT2D eigenvalue weighted by Crippen LogP contribution is -2.55. The zero-order chi connectivity index (χ0) is 47.6. The summed E-state index contributed by atoms with van der Waals surface area (Å²) in [6, 6.07) is -1.39. The monoisotopic (exact) mass is 928 g/mol. The molecule has 4 saturated carbocycles. The summed E-state index contributed by atoms with van der Waals surface area (Å²) in [6.45, 7) is 3.70. The summed E-state index contributed by atoms with van der Waals surface area (Å²) in [5.74, 6) is -4.72. The van der Waals surface area contributed by atoms with Crippen LogP contribution in [0.2, 0.25) is 0 Å². The van der Waals surface area contributed by atoms with Crippen LogP contribution in [0.3, 0.4) is 0 Å². The molecule has 2 amide bonds. The Morgan fingerprint density at radius 2 is 1.22 bits per heavy atom. The number of nitrogens with one attached hydrogen (secondary N) is 2. The first-order chi connectivity index (χ1) is 29.9. The minimum atomic E-state index is -4.39. The Bertz CT molecular complexity index is 1730. The number of amides is 2. The molecule has 0 bridgehead atoms. The van der Waals surface area contributed by atoms with E-state index >= 15 is 0 Å². The fourth-order valence-corrected chi connectivity index (χ4v) is 12.9. The standard InChI is InChI=1S/C43H71N5O15S/c1-27(4-10-35(49)44-16-21-64(61,62)63)31-7-8-32-30-6-5-28-22-29(12-14-42(28,2)33(30)13-15-43(31,32)3)45-36(50)11-9-34(41(59)60)48(19-17-46(23-37(51)52)24-38(53)54)20-18-47(25-39(55)56)26-40(57)58/h27-34H,4-26H2,1-3H3,(H,44,49)(H,45,50)(H,51,52)(H,53,54)(H,55,56)(H,57,58)(H,59,60)(H,61,62,63)/p-1/t27?,28-,29+,30?,31-,32?,33?,34+,42+,43-/m1/s1. The predicted octanol–water partition coefficient (Wildman–Crippen LogP) is 1.69. The van der Waals surface area contributed by atoms with Crippen LogP contribution in [0.25, 0.3) is 0 Å². The molecule has 0 radical (unpaired) electrons. The van der Waals surface area contributed by atoms with Crippen LogP contribution < -0.4 is 10.6 Å². The summed E-state index contributed by atoms with van der Waals surface area (Å²) in [5, 5.41) is 53.3. The average molecular weight is 929 g/mol. The molecule has 0 spiro atoms. The summed E-state index contributed by atoms with van der Waals surface area (Å²) >= 11 is 0. The van der Waals surface area contributed by atoms with Crippen molar-refractivity contribution >= 4 is 51.8 Å². The van der Waals surface area contributed by atoms with Gasteiger partial charge in [-0.3, -0.25) is 48.3 Å². The second-order valence-electron chi connectivity index (χ2n) is 19.5. The molecular formula is C43H70N5O15S-. The highest BCUT2D eigenvalue weighted by atomic mass is 32.2. The molecule has 20 nitrogen and oxygen atoms in total. The van der Waals surface area contributed by atoms with Crippen molar-refractivity contribution in [1.29, 1.82) is 0 Å². The van der Waals surface area contributed by atoms with Gasteiger partial charge in [0.15, 0.2) is 0 Å². The van der Waals surface area contributed by atoms with Crippen molar-refractivity contribution in [3.63, 3.8) is 0 Å². The Morgan fingerprint density at radius 1 is 0.688 bits per heavy atom. The fraction of sp³-hybridized carbons (Fsp3) is 0.837. The Balaban J connectivity index is 1.34. The van der Waals surface area contributed by atoms with E-state index in [1.165, 1.54) is 4.90 Å². The van der Waals surface area contributed by atoms with E-state index in [2.05, 4.69) is 31.4 Å². The first kappa shape index (κ1) is 52.7. The van der Waals surface area contributed by atoms with Crippen molar-refractivity contribution in [2.75, 3.05) is 64.7 Å². The highest BCUT2D eigenvalue weighted by Gasteiger charge is 2.60.